The fourth-order valence-electron chi connectivity index (χ4n) is 2.25. The summed E-state index contributed by atoms with van der Waals surface area (Å²) in [6, 6.07) is 6.23. The molecular weight excluding hydrogens is 214 g/mol. The number of nitrogens with two attached hydrogens (primary N) is 1. The Hall–Kier alpha value is -1.81. The van der Waals surface area contributed by atoms with E-state index in [1.165, 1.54) is 5.56 Å². The van der Waals surface area contributed by atoms with Gasteiger partial charge in [-0.2, -0.15) is 5.10 Å². The molecule has 2 heterocycles. The van der Waals surface area contributed by atoms with E-state index < -0.39 is 0 Å². The van der Waals surface area contributed by atoms with E-state index in [9.17, 15) is 0 Å². The van der Waals surface area contributed by atoms with Crippen LogP contribution in [-0.4, -0.2) is 16.8 Å². The third kappa shape index (κ3) is 1.61. The average Bonchev–Trinajstić information content (AvgIpc) is 2.94. The minimum atomic E-state index is 0.493. The predicted molar refractivity (Wildman–Crippen MR) is 65.9 cm³/mol. The molecule has 17 heavy (non-hydrogen) atoms. The van der Waals surface area contributed by atoms with Crippen LogP contribution in [0.1, 0.15) is 16.8 Å². The van der Waals surface area contributed by atoms with Gasteiger partial charge in [0, 0.05) is 18.5 Å². The van der Waals surface area contributed by atoms with E-state index in [1.54, 1.807) is 0 Å². The molecule has 0 spiro atoms. The molecule has 2 aromatic rings. The van der Waals surface area contributed by atoms with E-state index in [1.807, 2.05) is 19.1 Å². The highest BCUT2D eigenvalue weighted by molar-refractivity contribution is 5.66. The first-order valence-corrected chi connectivity index (χ1v) is 5.79. The van der Waals surface area contributed by atoms with Crippen LogP contribution in [0.3, 0.4) is 0 Å². The van der Waals surface area contributed by atoms with Gasteiger partial charge in [-0.3, -0.25) is 5.10 Å². The number of aromatic nitrogens is 2. The molecule has 1 aliphatic heterocycles. The molecule has 4 nitrogen and oxygen atoms in total. The topological polar surface area (TPSA) is 63.9 Å². The summed E-state index contributed by atoms with van der Waals surface area (Å²) in [6.07, 6.45) is 0.983. The summed E-state index contributed by atoms with van der Waals surface area (Å²) in [5.41, 5.74) is 11.1. The molecule has 0 unspecified atom stereocenters. The summed E-state index contributed by atoms with van der Waals surface area (Å²) in [4.78, 5) is 0. The Balaban J connectivity index is 2.06. The van der Waals surface area contributed by atoms with Gasteiger partial charge in [-0.1, -0.05) is 0 Å². The van der Waals surface area contributed by atoms with Crippen LogP contribution in [0.5, 0.6) is 5.75 Å². The summed E-state index contributed by atoms with van der Waals surface area (Å²) in [5.74, 6) is 1.00. The molecule has 1 aromatic carbocycles. The molecule has 4 heteroatoms. The van der Waals surface area contributed by atoms with Crippen molar-refractivity contribution >= 4 is 0 Å². The van der Waals surface area contributed by atoms with Crippen molar-refractivity contribution in [3.05, 3.63) is 35.0 Å². The highest BCUT2D eigenvalue weighted by atomic mass is 16.5. The summed E-state index contributed by atoms with van der Waals surface area (Å²) >= 11 is 0. The van der Waals surface area contributed by atoms with Crippen LogP contribution in [0.4, 0.5) is 0 Å². The maximum Gasteiger partial charge on any atom is 0.122 e. The number of nitrogens with zero attached hydrogens (tertiary/aromatic N) is 1. The Bertz CT molecular complexity index is 560. The maximum absolute atomic E-state index is 5.64. The molecule has 1 aromatic heterocycles. The van der Waals surface area contributed by atoms with Crippen LogP contribution in [-0.2, 0) is 13.0 Å². The Labute approximate surface area is 99.8 Å². The minimum absolute atomic E-state index is 0.493. The standard InChI is InChI=1S/C13H15N3O/c1-8-11(7-14)15-16-13(8)10-2-3-12-9(6-10)4-5-17-12/h2-3,6H,4-5,7,14H2,1H3,(H,15,16). The normalized spacial score (nSPS) is 13.5. The van der Waals surface area contributed by atoms with Gasteiger partial charge in [0.15, 0.2) is 0 Å². The maximum atomic E-state index is 5.64. The number of fused-ring (bicyclic) bond motifs is 1. The van der Waals surface area contributed by atoms with E-state index in [0.717, 1.165) is 41.3 Å². The zero-order valence-corrected chi connectivity index (χ0v) is 9.79. The Morgan fingerprint density at radius 2 is 2.35 bits per heavy atom. The summed E-state index contributed by atoms with van der Waals surface area (Å²) in [6.45, 7) is 3.32. The monoisotopic (exact) mass is 229 g/mol. The van der Waals surface area contributed by atoms with Crippen LogP contribution in [0.15, 0.2) is 18.2 Å². The van der Waals surface area contributed by atoms with Crippen molar-refractivity contribution in [1.82, 2.24) is 10.2 Å². The zero-order valence-electron chi connectivity index (χ0n) is 9.79. The number of benzene rings is 1. The van der Waals surface area contributed by atoms with Gasteiger partial charge in [0.25, 0.3) is 0 Å². The number of hydrogen-bond acceptors (Lipinski definition) is 3. The molecule has 0 aliphatic carbocycles. The number of nitrogens with one attached hydrogen (secondary N) is 1. The van der Waals surface area contributed by atoms with Crippen molar-refractivity contribution in [2.24, 2.45) is 5.73 Å². The number of hydrogen-bond donors (Lipinski definition) is 2. The van der Waals surface area contributed by atoms with Crippen LogP contribution in [0.2, 0.25) is 0 Å². The van der Waals surface area contributed by atoms with Crippen molar-refractivity contribution in [2.75, 3.05) is 6.61 Å². The molecule has 0 fully saturated rings. The van der Waals surface area contributed by atoms with Crippen molar-refractivity contribution in [3.63, 3.8) is 0 Å². The first-order chi connectivity index (χ1) is 8.29. The quantitative estimate of drug-likeness (QED) is 0.825. The van der Waals surface area contributed by atoms with Crippen molar-refractivity contribution in [2.45, 2.75) is 19.9 Å². The first-order valence-electron chi connectivity index (χ1n) is 5.79. The van der Waals surface area contributed by atoms with Gasteiger partial charge >= 0.3 is 0 Å². The van der Waals surface area contributed by atoms with Gasteiger partial charge in [0.2, 0.25) is 0 Å². The number of rotatable bonds is 2. The van der Waals surface area contributed by atoms with Gasteiger partial charge in [-0.15, -0.1) is 0 Å². The molecule has 0 bridgehead atoms. The predicted octanol–water partition coefficient (Wildman–Crippen LogP) is 1.78. The first kappa shape index (κ1) is 10.4. The smallest absolute Gasteiger partial charge is 0.122 e. The third-order valence-electron chi connectivity index (χ3n) is 3.28. The van der Waals surface area contributed by atoms with Crippen molar-refractivity contribution < 1.29 is 4.74 Å². The Kier molecular flexibility index (Phi) is 2.37. The molecule has 0 radical (unpaired) electrons. The van der Waals surface area contributed by atoms with Crippen LogP contribution < -0.4 is 10.5 Å². The van der Waals surface area contributed by atoms with Gasteiger partial charge in [0.05, 0.1) is 18.0 Å². The second-order valence-corrected chi connectivity index (χ2v) is 4.30. The zero-order chi connectivity index (χ0) is 11.8. The molecule has 3 N–H and O–H groups in total. The molecule has 0 amide bonds. The number of aromatic amines is 1. The lowest BCUT2D eigenvalue weighted by Crippen LogP contribution is -1.98. The van der Waals surface area contributed by atoms with Crippen molar-refractivity contribution in [1.29, 1.82) is 0 Å². The van der Waals surface area contributed by atoms with Crippen LogP contribution >= 0.6 is 0 Å². The van der Waals surface area contributed by atoms with Crippen LogP contribution in [0.25, 0.3) is 11.3 Å². The van der Waals surface area contributed by atoms with E-state index >= 15 is 0 Å². The van der Waals surface area contributed by atoms with Gasteiger partial charge in [-0.25, -0.2) is 0 Å². The summed E-state index contributed by atoms with van der Waals surface area (Å²) in [7, 11) is 0. The number of H-pyrrole nitrogens is 1. The summed E-state index contributed by atoms with van der Waals surface area (Å²) < 4.78 is 5.50. The lowest BCUT2D eigenvalue weighted by molar-refractivity contribution is 0.357. The molecule has 88 valence electrons. The average molecular weight is 229 g/mol. The molecular formula is C13H15N3O. The SMILES string of the molecule is Cc1c(-c2ccc3c(c2)CCO3)n[nH]c1CN. The fourth-order valence-corrected chi connectivity index (χ4v) is 2.25. The van der Waals surface area contributed by atoms with Crippen molar-refractivity contribution in [3.8, 4) is 17.0 Å². The van der Waals surface area contributed by atoms with E-state index in [2.05, 4.69) is 16.3 Å². The van der Waals surface area contributed by atoms with Gasteiger partial charge < -0.3 is 10.5 Å². The second-order valence-electron chi connectivity index (χ2n) is 4.30. The lowest BCUT2D eigenvalue weighted by Gasteiger charge is -2.02. The highest BCUT2D eigenvalue weighted by Crippen LogP contribution is 2.31. The molecule has 0 saturated carbocycles. The molecule has 1 aliphatic rings. The molecule has 3 rings (SSSR count). The third-order valence-corrected chi connectivity index (χ3v) is 3.28. The molecule has 0 saturated heterocycles. The summed E-state index contributed by atoms with van der Waals surface area (Å²) in [5, 5.41) is 7.32. The Morgan fingerprint density at radius 1 is 1.47 bits per heavy atom. The van der Waals surface area contributed by atoms with Crippen LogP contribution in [0, 0.1) is 6.92 Å². The lowest BCUT2D eigenvalue weighted by atomic mass is 10.0. The van der Waals surface area contributed by atoms with E-state index in [0.29, 0.717) is 6.54 Å². The number of ether oxygens (including phenoxy) is 1. The van der Waals surface area contributed by atoms with E-state index in [-0.39, 0.29) is 0 Å². The van der Waals surface area contributed by atoms with Gasteiger partial charge in [-0.05, 0) is 36.2 Å². The largest absolute Gasteiger partial charge is 0.493 e. The second kappa shape index (κ2) is 3.89. The fraction of sp³-hybridized carbons (Fsp3) is 0.308. The highest BCUT2D eigenvalue weighted by Gasteiger charge is 2.15. The van der Waals surface area contributed by atoms with E-state index in [4.69, 9.17) is 10.5 Å². The van der Waals surface area contributed by atoms with Gasteiger partial charge in [0.1, 0.15) is 5.75 Å². The molecule has 0 atom stereocenters. The minimum Gasteiger partial charge on any atom is -0.493 e. The Morgan fingerprint density at radius 3 is 3.12 bits per heavy atom.